The van der Waals surface area contributed by atoms with Gasteiger partial charge < -0.3 is 4.90 Å². The highest BCUT2D eigenvalue weighted by Crippen LogP contribution is 2.16. The van der Waals surface area contributed by atoms with Crippen molar-refractivity contribution in [3.8, 4) is 0 Å². The van der Waals surface area contributed by atoms with Gasteiger partial charge in [0.25, 0.3) is 0 Å². The molecule has 0 unspecified atom stereocenters. The maximum absolute atomic E-state index is 11.9. The van der Waals surface area contributed by atoms with Gasteiger partial charge >= 0.3 is 6.18 Å². The number of alkyl halides is 3. The summed E-state index contributed by atoms with van der Waals surface area (Å²) in [6, 6.07) is 0. The van der Waals surface area contributed by atoms with Crippen LogP contribution in [0.5, 0.6) is 0 Å². The molecule has 1 amide bonds. The summed E-state index contributed by atoms with van der Waals surface area (Å²) in [5.74, 6) is -0.234. The van der Waals surface area contributed by atoms with Gasteiger partial charge in [-0.2, -0.15) is 25.8 Å². The predicted molar refractivity (Wildman–Crippen MR) is 46.8 cm³/mol. The monoisotopic (exact) mass is 215 g/mol. The van der Waals surface area contributed by atoms with Crippen LogP contribution in [0.4, 0.5) is 13.2 Å². The van der Waals surface area contributed by atoms with Crippen LogP contribution in [-0.2, 0) is 4.79 Å². The van der Waals surface area contributed by atoms with Gasteiger partial charge in [-0.05, 0) is 12.7 Å². The number of carbonyl (C=O) groups is 1. The quantitative estimate of drug-likeness (QED) is 0.708. The molecule has 0 bridgehead atoms. The lowest BCUT2D eigenvalue weighted by Gasteiger charge is -2.21. The average Bonchev–Trinajstić information content (AvgIpc) is 1.99. The van der Waals surface area contributed by atoms with Crippen molar-refractivity contribution >= 4 is 18.5 Å². The third-order valence-electron chi connectivity index (χ3n) is 1.43. The fourth-order valence-corrected chi connectivity index (χ4v) is 1.04. The molecule has 13 heavy (non-hydrogen) atoms. The zero-order valence-corrected chi connectivity index (χ0v) is 8.16. The number of hydrogen-bond donors (Lipinski definition) is 1. The Morgan fingerprint density at radius 2 is 2.00 bits per heavy atom. The molecule has 0 aliphatic heterocycles. The smallest absolute Gasteiger partial charge is 0.334 e. The van der Waals surface area contributed by atoms with Crippen LogP contribution in [0.25, 0.3) is 0 Å². The molecule has 0 aliphatic carbocycles. The summed E-state index contributed by atoms with van der Waals surface area (Å²) >= 11 is 3.78. The van der Waals surface area contributed by atoms with Gasteiger partial charge in [-0.1, -0.05) is 0 Å². The number of hydrogen-bond acceptors (Lipinski definition) is 2. The lowest BCUT2D eigenvalue weighted by molar-refractivity contribution is -0.160. The number of thiol groups is 1. The van der Waals surface area contributed by atoms with Gasteiger partial charge in [0.05, 0.1) is 0 Å². The van der Waals surface area contributed by atoms with Gasteiger partial charge in [0.15, 0.2) is 0 Å². The van der Waals surface area contributed by atoms with Crippen molar-refractivity contribution in [3.05, 3.63) is 0 Å². The molecule has 0 saturated heterocycles. The summed E-state index contributed by atoms with van der Waals surface area (Å²) in [5.41, 5.74) is 0. The molecule has 0 atom stereocenters. The molecule has 0 rings (SSSR count). The van der Waals surface area contributed by atoms with E-state index in [-0.39, 0.29) is 18.7 Å². The van der Waals surface area contributed by atoms with E-state index in [0.29, 0.717) is 0 Å². The number of rotatable bonds is 4. The van der Waals surface area contributed by atoms with Crippen LogP contribution in [0, 0.1) is 0 Å². The predicted octanol–water partition coefficient (Wildman–Crippen LogP) is 1.72. The third-order valence-corrected chi connectivity index (χ3v) is 1.65. The Labute approximate surface area is 80.5 Å². The normalized spacial score (nSPS) is 11.5. The van der Waals surface area contributed by atoms with Crippen LogP contribution >= 0.6 is 12.6 Å². The minimum Gasteiger partial charge on any atom is -0.334 e. The van der Waals surface area contributed by atoms with Crippen molar-refractivity contribution in [3.63, 3.8) is 0 Å². The maximum Gasteiger partial charge on any atom is 0.406 e. The van der Waals surface area contributed by atoms with Crippen LogP contribution in [0.2, 0.25) is 0 Å². The average molecular weight is 215 g/mol. The fourth-order valence-electron chi connectivity index (χ4n) is 0.847. The second-order valence-corrected chi connectivity index (χ2v) is 2.94. The Morgan fingerprint density at radius 3 is 2.31 bits per heavy atom. The van der Waals surface area contributed by atoms with Crippen molar-refractivity contribution in [2.45, 2.75) is 19.5 Å². The molecule has 0 radical (unpaired) electrons. The highest BCUT2D eigenvalue weighted by Gasteiger charge is 2.31. The van der Waals surface area contributed by atoms with Crippen molar-refractivity contribution in [2.75, 3.05) is 18.8 Å². The van der Waals surface area contributed by atoms with Gasteiger partial charge in [-0.3, -0.25) is 4.79 Å². The van der Waals surface area contributed by atoms with E-state index in [1.807, 2.05) is 0 Å². The van der Waals surface area contributed by atoms with Crippen molar-refractivity contribution < 1.29 is 18.0 Å². The van der Waals surface area contributed by atoms with Gasteiger partial charge in [0, 0.05) is 13.0 Å². The molecule has 0 fully saturated rings. The molecule has 0 aromatic heterocycles. The lowest BCUT2D eigenvalue weighted by Crippen LogP contribution is -2.38. The Hall–Kier alpha value is -0.390. The number of amides is 1. The minimum atomic E-state index is -4.32. The molecule has 0 aromatic rings. The summed E-state index contributed by atoms with van der Waals surface area (Å²) < 4.78 is 35.6. The Balaban J connectivity index is 4.10. The summed E-state index contributed by atoms with van der Waals surface area (Å²) in [6.45, 7) is 0.421. The van der Waals surface area contributed by atoms with Crippen LogP contribution in [0.1, 0.15) is 13.3 Å². The molecule has 0 aliphatic rings. The first-order chi connectivity index (χ1) is 5.90. The maximum atomic E-state index is 11.9. The molecular formula is C7H12F3NOS. The SMILES string of the molecule is CCN(CC(F)(F)F)C(=O)CCS. The third kappa shape index (κ3) is 5.79. The van der Waals surface area contributed by atoms with Gasteiger partial charge in [-0.15, -0.1) is 0 Å². The van der Waals surface area contributed by atoms with Gasteiger partial charge in [0.2, 0.25) is 5.91 Å². The van der Waals surface area contributed by atoms with E-state index < -0.39 is 18.6 Å². The van der Waals surface area contributed by atoms with Crippen LogP contribution < -0.4 is 0 Å². The van der Waals surface area contributed by atoms with Gasteiger partial charge in [0.1, 0.15) is 6.54 Å². The van der Waals surface area contributed by atoms with E-state index in [0.717, 1.165) is 4.90 Å². The molecule has 78 valence electrons. The highest BCUT2D eigenvalue weighted by molar-refractivity contribution is 7.80. The Morgan fingerprint density at radius 1 is 1.46 bits per heavy atom. The van der Waals surface area contributed by atoms with Gasteiger partial charge in [-0.25, -0.2) is 0 Å². The second-order valence-electron chi connectivity index (χ2n) is 2.50. The van der Waals surface area contributed by atoms with E-state index >= 15 is 0 Å². The zero-order chi connectivity index (χ0) is 10.5. The van der Waals surface area contributed by atoms with E-state index in [9.17, 15) is 18.0 Å². The molecular weight excluding hydrogens is 203 g/mol. The van der Waals surface area contributed by atoms with E-state index in [1.165, 1.54) is 6.92 Å². The van der Waals surface area contributed by atoms with Crippen LogP contribution in [0.15, 0.2) is 0 Å². The topological polar surface area (TPSA) is 20.3 Å². The first-order valence-corrected chi connectivity index (χ1v) is 4.49. The molecule has 0 saturated carbocycles. The van der Waals surface area contributed by atoms with E-state index in [1.54, 1.807) is 0 Å². The van der Waals surface area contributed by atoms with Crippen LogP contribution in [0.3, 0.4) is 0 Å². The molecule has 6 heteroatoms. The van der Waals surface area contributed by atoms with E-state index in [2.05, 4.69) is 12.6 Å². The number of carbonyl (C=O) groups excluding carboxylic acids is 1. The summed E-state index contributed by atoms with van der Waals surface area (Å²) in [7, 11) is 0. The van der Waals surface area contributed by atoms with Crippen molar-refractivity contribution in [2.24, 2.45) is 0 Å². The second kappa shape index (κ2) is 5.36. The van der Waals surface area contributed by atoms with Crippen LogP contribution in [-0.4, -0.2) is 35.8 Å². The standard InChI is InChI=1S/C7H12F3NOS/c1-2-11(5-7(8,9)10)6(12)3-4-13/h13H,2-5H2,1H3. The molecule has 0 spiro atoms. The van der Waals surface area contributed by atoms with E-state index in [4.69, 9.17) is 0 Å². The fraction of sp³-hybridized carbons (Fsp3) is 0.857. The molecule has 2 nitrogen and oxygen atoms in total. The zero-order valence-electron chi connectivity index (χ0n) is 7.26. The van der Waals surface area contributed by atoms with Crippen molar-refractivity contribution in [1.82, 2.24) is 4.90 Å². The lowest BCUT2D eigenvalue weighted by atomic mass is 10.3. The Kier molecular flexibility index (Phi) is 5.20. The summed E-state index contributed by atoms with van der Waals surface area (Å²) in [4.78, 5) is 11.8. The summed E-state index contributed by atoms with van der Waals surface area (Å²) in [6.07, 6.45) is -4.27. The Bertz CT molecular complexity index is 172. The number of halogens is 3. The molecule has 0 aromatic carbocycles. The first-order valence-electron chi connectivity index (χ1n) is 3.86. The number of nitrogens with zero attached hydrogens (tertiary/aromatic N) is 1. The molecule has 0 N–H and O–H groups in total. The largest absolute Gasteiger partial charge is 0.406 e. The highest BCUT2D eigenvalue weighted by atomic mass is 32.1. The summed E-state index contributed by atoms with van der Waals surface area (Å²) in [5, 5.41) is 0. The van der Waals surface area contributed by atoms with Crippen molar-refractivity contribution in [1.29, 1.82) is 0 Å². The first kappa shape index (κ1) is 12.6. The molecule has 0 heterocycles. The minimum absolute atomic E-state index is 0.0486.